The molecule has 4 nitrogen and oxygen atoms in total. The maximum absolute atomic E-state index is 5.67. The fourth-order valence-electron chi connectivity index (χ4n) is 2.20. The number of nitrogens with two attached hydrogens (primary N) is 1. The molecule has 2 rings (SSSR count). The monoisotopic (exact) mass is 271 g/mol. The molecule has 0 fully saturated rings. The molecule has 0 saturated heterocycles. The number of rotatable bonds is 6. The number of ether oxygens (including phenoxy) is 1. The second-order valence-corrected chi connectivity index (χ2v) is 4.83. The van der Waals surface area contributed by atoms with Gasteiger partial charge in [0, 0.05) is 6.20 Å². The van der Waals surface area contributed by atoms with Gasteiger partial charge in [0.15, 0.2) is 0 Å². The third kappa shape index (κ3) is 3.56. The van der Waals surface area contributed by atoms with E-state index < -0.39 is 0 Å². The molecule has 4 heteroatoms. The topological polar surface area (TPSA) is 60.2 Å². The second kappa shape index (κ2) is 7.03. The molecular formula is C16H21N3O. The van der Waals surface area contributed by atoms with E-state index in [9.17, 15) is 0 Å². The molecule has 106 valence electrons. The van der Waals surface area contributed by atoms with Gasteiger partial charge >= 0.3 is 0 Å². The summed E-state index contributed by atoms with van der Waals surface area (Å²) in [6.45, 7) is 2.09. The minimum atomic E-state index is -0.0209. The molecule has 0 aliphatic carbocycles. The van der Waals surface area contributed by atoms with Crippen molar-refractivity contribution in [1.82, 2.24) is 10.4 Å². The van der Waals surface area contributed by atoms with Gasteiger partial charge in [0.25, 0.3) is 0 Å². The van der Waals surface area contributed by atoms with Crippen LogP contribution in [-0.4, -0.2) is 12.1 Å². The summed E-state index contributed by atoms with van der Waals surface area (Å²) < 4.78 is 5.34. The molecule has 0 aliphatic rings. The zero-order valence-electron chi connectivity index (χ0n) is 12.0. The van der Waals surface area contributed by atoms with Crippen LogP contribution in [0.5, 0.6) is 5.75 Å². The van der Waals surface area contributed by atoms with Gasteiger partial charge in [-0.25, -0.2) is 0 Å². The van der Waals surface area contributed by atoms with Crippen LogP contribution < -0.4 is 16.0 Å². The van der Waals surface area contributed by atoms with E-state index in [4.69, 9.17) is 10.6 Å². The number of pyridine rings is 1. The number of hydrogen-bond donors (Lipinski definition) is 2. The summed E-state index contributed by atoms with van der Waals surface area (Å²) in [4.78, 5) is 4.38. The maximum Gasteiger partial charge on any atom is 0.142 e. The van der Waals surface area contributed by atoms with E-state index in [1.165, 1.54) is 11.1 Å². The molecule has 2 aromatic rings. The molecule has 1 unspecified atom stereocenters. The lowest BCUT2D eigenvalue weighted by molar-refractivity contribution is 0.390. The lowest BCUT2D eigenvalue weighted by atomic mass is 10.0. The van der Waals surface area contributed by atoms with Gasteiger partial charge in [-0.1, -0.05) is 29.8 Å². The van der Waals surface area contributed by atoms with Gasteiger partial charge in [0.2, 0.25) is 0 Å². The smallest absolute Gasteiger partial charge is 0.142 e. The molecule has 1 aromatic heterocycles. The zero-order chi connectivity index (χ0) is 14.4. The average Bonchev–Trinajstić information content (AvgIpc) is 2.50. The van der Waals surface area contributed by atoms with Crippen LogP contribution >= 0.6 is 0 Å². The van der Waals surface area contributed by atoms with Crippen molar-refractivity contribution in [3.05, 3.63) is 59.4 Å². The van der Waals surface area contributed by atoms with Crippen LogP contribution in [0.3, 0.4) is 0 Å². The summed E-state index contributed by atoms with van der Waals surface area (Å²) in [6, 6.07) is 12.3. The maximum atomic E-state index is 5.67. The van der Waals surface area contributed by atoms with Crippen molar-refractivity contribution in [2.45, 2.75) is 25.8 Å². The first-order chi connectivity index (χ1) is 9.74. The Kier molecular flexibility index (Phi) is 5.09. The number of hydrogen-bond acceptors (Lipinski definition) is 4. The van der Waals surface area contributed by atoms with Crippen molar-refractivity contribution in [1.29, 1.82) is 0 Å². The van der Waals surface area contributed by atoms with Gasteiger partial charge in [0.1, 0.15) is 11.4 Å². The largest absolute Gasteiger partial charge is 0.495 e. The number of methoxy groups -OCH3 is 1. The average molecular weight is 271 g/mol. The van der Waals surface area contributed by atoms with Crippen molar-refractivity contribution >= 4 is 0 Å². The number of aromatic nitrogens is 1. The van der Waals surface area contributed by atoms with E-state index in [2.05, 4.69) is 41.6 Å². The van der Waals surface area contributed by atoms with Gasteiger partial charge < -0.3 is 4.74 Å². The number of benzene rings is 1. The molecular weight excluding hydrogens is 250 g/mol. The van der Waals surface area contributed by atoms with E-state index in [0.29, 0.717) is 0 Å². The predicted octanol–water partition coefficient (Wildman–Crippen LogP) is 2.54. The molecule has 0 radical (unpaired) electrons. The third-order valence-electron chi connectivity index (χ3n) is 3.39. The van der Waals surface area contributed by atoms with Gasteiger partial charge in [-0.3, -0.25) is 16.3 Å². The summed E-state index contributed by atoms with van der Waals surface area (Å²) in [5, 5.41) is 0. The minimum Gasteiger partial charge on any atom is -0.495 e. The Morgan fingerprint density at radius 2 is 2.00 bits per heavy atom. The van der Waals surface area contributed by atoms with Crippen LogP contribution in [0.25, 0.3) is 0 Å². The van der Waals surface area contributed by atoms with Crippen LogP contribution in [-0.2, 0) is 6.42 Å². The standard InChI is InChI=1S/C16H21N3O/c1-12-5-7-13(8-6-12)9-10-14(19-17)16-15(20-2)4-3-11-18-16/h3-8,11,14,19H,9-10,17H2,1-2H3. The van der Waals surface area contributed by atoms with Crippen LogP contribution in [0.15, 0.2) is 42.6 Å². The Bertz CT molecular complexity index is 540. The Hall–Kier alpha value is -1.91. The molecule has 0 saturated carbocycles. The molecule has 1 atom stereocenters. The van der Waals surface area contributed by atoms with Gasteiger partial charge in [0.05, 0.1) is 13.2 Å². The van der Waals surface area contributed by atoms with Gasteiger partial charge in [-0.15, -0.1) is 0 Å². The van der Waals surface area contributed by atoms with E-state index in [1.807, 2.05) is 12.1 Å². The number of nitrogens with one attached hydrogen (secondary N) is 1. The van der Waals surface area contributed by atoms with E-state index in [0.717, 1.165) is 24.3 Å². The SMILES string of the molecule is COc1cccnc1C(CCc1ccc(C)cc1)NN. The summed E-state index contributed by atoms with van der Waals surface area (Å²) in [6.07, 6.45) is 3.57. The molecule has 0 spiro atoms. The first-order valence-corrected chi connectivity index (χ1v) is 6.75. The molecule has 1 heterocycles. The van der Waals surface area contributed by atoms with E-state index in [1.54, 1.807) is 13.3 Å². The van der Waals surface area contributed by atoms with Crippen LogP contribution in [0.2, 0.25) is 0 Å². The lowest BCUT2D eigenvalue weighted by Gasteiger charge is -2.17. The van der Waals surface area contributed by atoms with Crippen molar-refractivity contribution < 1.29 is 4.74 Å². The van der Waals surface area contributed by atoms with Crippen molar-refractivity contribution in [2.75, 3.05) is 7.11 Å². The molecule has 20 heavy (non-hydrogen) atoms. The Morgan fingerprint density at radius 3 is 2.65 bits per heavy atom. The van der Waals surface area contributed by atoms with Gasteiger partial charge in [-0.05, 0) is 37.5 Å². The Labute approximate surface area is 120 Å². The highest BCUT2D eigenvalue weighted by atomic mass is 16.5. The highest BCUT2D eigenvalue weighted by Crippen LogP contribution is 2.25. The van der Waals surface area contributed by atoms with E-state index >= 15 is 0 Å². The van der Waals surface area contributed by atoms with Gasteiger partial charge in [-0.2, -0.15) is 0 Å². The van der Waals surface area contributed by atoms with Crippen molar-refractivity contribution in [3.8, 4) is 5.75 Å². The Balaban J connectivity index is 2.07. The molecule has 1 aromatic carbocycles. The highest BCUT2D eigenvalue weighted by Gasteiger charge is 2.15. The summed E-state index contributed by atoms with van der Waals surface area (Å²) in [5.74, 6) is 6.43. The fourth-order valence-corrected chi connectivity index (χ4v) is 2.20. The van der Waals surface area contributed by atoms with Crippen molar-refractivity contribution in [2.24, 2.45) is 5.84 Å². The normalized spacial score (nSPS) is 12.2. The summed E-state index contributed by atoms with van der Waals surface area (Å²) in [5.41, 5.74) is 6.25. The quantitative estimate of drug-likeness (QED) is 0.626. The van der Waals surface area contributed by atoms with E-state index in [-0.39, 0.29) is 6.04 Å². The summed E-state index contributed by atoms with van der Waals surface area (Å²) in [7, 11) is 1.65. The fraction of sp³-hybridized carbons (Fsp3) is 0.312. The number of hydrazine groups is 1. The van der Waals surface area contributed by atoms with Crippen LogP contribution in [0, 0.1) is 6.92 Å². The van der Waals surface area contributed by atoms with Crippen LogP contribution in [0.1, 0.15) is 29.3 Å². The number of aryl methyl sites for hydroxylation is 2. The molecule has 0 aliphatic heterocycles. The van der Waals surface area contributed by atoms with Crippen molar-refractivity contribution in [3.63, 3.8) is 0 Å². The molecule has 0 amide bonds. The molecule has 3 N–H and O–H groups in total. The predicted molar refractivity (Wildman–Crippen MR) is 80.4 cm³/mol. The third-order valence-corrected chi connectivity index (χ3v) is 3.39. The van der Waals surface area contributed by atoms with Crippen LogP contribution in [0.4, 0.5) is 0 Å². The zero-order valence-corrected chi connectivity index (χ0v) is 12.0. The lowest BCUT2D eigenvalue weighted by Crippen LogP contribution is -2.29. The summed E-state index contributed by atoms with van der Waals surface area (Å²) >= 11 is 0. The number of nitrogens with zero attached hydrogens (tertiary/aromatic N) is 1. The Morgan fingerprint density at radius 1 is 1.25 bits per heavy atom. The first-order valence-electron chi connectivity index (χ1n) is 6.75. The highest BCUT2D eigenvalue weighted by molar-refractivity contribution is 5.30. The molecule has 0 bridgehead atoms. The minimum absolute atomic E-state index is 0.0209. The first kappa shape index (κ1) is 14.5. The second-order valence-electron chi connectivity index (χ2n) is 4.83.